The summed E-state index contributed by atoms with van der Waals surface area (Å²) in [6, 6.07) is 12.7. The minimum atomic E-state index is 0.809. The predicted octanol–water partition coefficient (Wildman–Crippen LogP) is 3.48. The van der Waals surface area contributed by atoms with E-state index in [0.717, 1.165) is 31.2 Å². The number of methoxy groups -OCH3 is 1. The highest BCUT2D eigenvalue weighted by molar-refractivity contribution is 5.27. The second kappa shape index (κ2) is 9.70. The third-order valence-electron chi connectivity index (χ3n) is 5.39. The standard InChI is InChI=1S/C22H31N3O/c1-24-14-9-21(10-15-24)18-25(17-20-7-12-23-13-8-20)16-11-19-3-5-22(26-2)6-4-19/h3-8,12-13,21H,9-11,14-18H2,1-2H3. The maximum Gasteiger partial charge on any atom is 0.118 e. The van der Waals surface area contributed by atoms with Crippen molar-refractivity contribution in [1.29, 1.82) is 0 Å². The Hall–Kier alpha value is -1.91. The van der Waals surface area contributed by atoms with Gasteiger partial charge in [0.05, 0.1) is 7.11 Å². The summed E-state index contributed by atoms with van der Waals surface area (Å²) in [6.45, 7) is 5.73. The Morgan fingerprint density at radius 2 is 1.73 bits per heavy atom. The number of rotatable bonds is 8. The highest BCUT2D eigenvalue weighted by Crippen LogP contribution is 2.19. The molecule has 1 aromatic carbocycles. The Morgan fingerprint density at radius 1 is 1.04 bits per heavy atom. The zero-order chi connectivity index (χ0) is 18.2. The largest absolute Gasteiger partial charge is 0.497 e. The lowest BCUT2D eigenvalue weighted by atomic mass is 9.96. The summed E-state index contributed by atoms with van der Waals surface area (Å²) in [5.74, 6) is 1.73. The van der Waals surface area contributed by atoms with Gasteiger partial charge >= 0.3 is 0 Å². The summed E-state index contributed by atoms with van der Waals surface area (Å²) in [5.41, 5.74) is 2.72. The second-order valence-corrected chi connectivity index (χ2v) is 7.44. The zero-order valence-electron chi connectivity index (χ0n) is 16.1. The van der Waals surface area contributed by atoms with Crippen LogP contribution in [0.1, 0.15) is 24.0 Å². The van der Waals surface area contributed by atoms with E-state index < -0.39 is 0 Å². The normalized spacial score (nSPS) is 16.1. The molecule has 1 fully saturated rings. The van der Waals surface area contributed by atoms with Crippen molar-refractivity contribution in [3.8, 4) is 5.75 Å². The Bertz CT molecular complexity index is 636. The van der Waals surface area contributed by atoms with E-state index in [2.05, 4.69) is 58.2 Å². The lowest BCUT2D eigenvalue weighted by Gasteiger charge is -2.33. The Kier molecular flexibility index (Phi) is 7.04. The Labute approximate surface area is 157 Å². The molecule has 0 bridgehead atoms. The fourth-order valence-corrected chi connectivity index (χ4v) is 3.67. The van der Waals surface area contributed by atoms with Gasteiger partial charge in [0.15, 0.2) is 0 Å². The average molecular weight is 354 g/mol. The number of hydrogen-bond acceptors (Lipinski definition) is 4. The van der Waals surface area contributed by atoms with Crippen LogP contribution in [0.5, 0.6) is 5.75 Å². The number of piperidine rings is 1. The predicted molar refractivity (Wildman–Crippen MR) is 106 cm³/mol. The zero-order valence-corrected chi connectivity index (χ0v) is 16.1. The van der Waals surface area contributed by atoms with E-state index in [9.17, 15) is 0 Å². The third kappa shape index (κ3) is 5.82. The molecule has 26 heavy (non-hydrogen) atoms. The quantitative estimate of drug-likeness (QED) is 0.726. The number of likely N-dealkylation sites (tertiary alicyclic amines) is 1. The second-order valence-electron chi connectivity index (χ2n) is 7.44. The molecule has 1 aliphatic rings. The molecule has 0 spiro atoms. The molecule has 1 aliphatic heterocycles. The van der Waals surface area contributed by atoms with Gasteiger partial charge in [-0.15, -0.1) is 0 Å². The lowest BCUT2D eigenvalue weighted by Crippen LogP contribution is -2.37. The molecule has 0 atom stereocenters. The number of hydrogen-bond donors (Lipinski definition) is 0. The number of benzene rings is 1. The summed E-state index contributed by atoms with van der Waals surface area (Å²) in [5, 5.41) is 0. The minimum absolute atomic E-state index is 0.809. The highest BCUT2D eigenvalue weighted by atomic mass is 16.5. The monoisotopic (exact) mass is 353 g/mol. The molecule has 0 amide bonds. The maximum absolute atomic E-state index is 5.26. The van der Waals surface area contributed by atoms with Gasteiger partial charge in [-0.25, -0.2) is 0 Å². The summed E-state index contributed by atoms with van der Waals surface area (Å²) in [4.78, 5) is 9.22. The molecule has 1 aromatic heterocycles. The Morgan fingerprint density at radius 3 is 2.38 bits per heavy atom. The van der Waals surface area contributed by atoms with Crippen LogP contribution in [0.15, 0.2) is 48.8 Å². The lowest BCUT2D eigenvalue weighted by molar-refractivity contribution is 0.157. The van der Waals surface area contributed by atoms with Gasteiger partial charge in [0.2, 0.25) is 0 Å². The van der Waals surface area contributed by atoms with E-state index in [0.29, 0.717) is 0 Å². The first-order valence-electron chi connectivity index (χ1n) is 9.65. The summed E-state index contributed by atoms with van der Waals surface area (Å²) in [6.07, 6.45) is 7.48. The molecular weight excluding hydrogens is 322 g/mol. The van der Waals surface area contributed by atoms with E-state index in [4.69, 9.17) is 4.74 Å². The van der Waals surface area contributed by atoms with Crippen LogP contribution in [0.2, 0.25) is 0 Å². The summed E-state index contributed by atoms with van der Waals surface area (Å²) < 4.78 is 5.26. The van der Waals surface area contributed by atoms with Crippen molar-refractivity contribution < 1.29 is 4.74 Å². The maximum atomic E-state index is 5.26. The van der Waals surface area contributed by atoms with Gasteiger partial charge in [-0.05, 0) is 80.7 Å². The first-order chi connectivity index (χ1) is 12.7. The van der Waals surface area contributed by atoms with Crippen molar-refractivity contribution >= 4 is 0 Å². The van der Waals surface area contributed by atoms with Gasteiger partial charge in [0.25, 0.3) is 0 Å². The summed E-state index contributed by atoms with van der Waals surface area (Å²) in [7, 11) is 3.95. The third-order valence-corrected chi connectivity index (χ3v) is 5.39. The first-order valence-corrected chi connectivity index (χ1v) is 9.65. The van der Waals surface area contributed by atoms with Crippen LogP contribution in [-0.2, 0) is 13.0 Å². The van der Waals surface area contributed by atoms with E-state index in [1.54, 1.807) is 7.11 Å². The van der Waals surface area contributed by atoms with Crippen LogP contribution in [0.4, 0.5) is 0 Å². The van der Waals surface area contributed by atoms with Crippen LogP contribution >= 0.6 is 0 Å². The van der Waals surface area contributed by atoms with Gasteiger partial charge in [-0.2, -0.15) is 0 Å². The van der Waals surface area contributed by atoms with Gasteiger partial charge in [0, 0.05) is 32.0 Å². The molecule has 140 valence electrons. The molecule has 0 aliphatic carbocycles. The van der Waals surface area contributed by atoms with E-state index in [1.807, 2.05) is 12.4 Å². The van der Waals surface area contributed by atoms with E-state index in [-0.39, 0.29) is 0 Å². The van der Waals surface area contributed by atoms with Crippen molar-refractivity contribution in [2.24, 2.45) is 5.92 Å². The van der Waals surface area contributed by atoms with Gasteiger partial charge in [-0.1, -0.05) is 12.1 Å². The fraction of sp³-hybridized carbons (Fsp3) is 0.500. The van der Waals surface area contributed by atoms with Crippen LogP contribution < -0.4 is 4.74 Å². The first kappa shape index (κ1) is 18.9. The number of ether oxygens (including phenoxy) is 1. The van der Waals surface area contributed by atoms with E-state index in [1.165, 1.54) is 43.6 Å². The van der Waals surface area contributed by atoms with Gasteiger partial charge in [-0.3, -0.25) is 9.88 Å². The fourth-order valence-electron chi connectivity index (χ4n) is 3.67. The van der Waals surface area contributed by atoms with Crippen molar-refractivity contribution in [3.63, 3.8) is 0 Å². The molecule has 0 N–H and O–H groups in total. The molecule has 3 rings (SSSR count). The van der Waals surface area contributed by atoms with Crippen LogP contribution in [-0.4, -0.2) is 55.1 Å². The van der Waals surface area contributed by atoms with Crippen LogP contribution in [0.25, 0.3) is 0 Å². The number of nitrogens with zero attached hydrogens (tertiary/aromatic N) is 3. The minimum Gasteiger partial charge on any atom is -0.497 e. The van der Waals surface area contributed by atoms with Crippen molar-refractivity contribution in [2.45, 2.75) is 25.8 Å². The molecule has 1 saturated heterocycles. The molecule has 4 heteroatoms. The van der Waals surface area contributed by atoms with Gasteiger partial charge < -0.3 is 9.64 Å². The van der Waals surface area contributed by atoms with Crippen LogP contribution in [0.3, 0.4) is 0 Å². The van der Waals surface area contributed by atoms with Crippen molar-refractivity contribution in [1.82, 2.24) is 14.8 Å². The molecule has 0 unspecified atom stereocenters. The molecule has 2 aromatic rings. The number of aromatic nitrogens is 1. The molecular formula is C22H31N3O. The van der Waals surface area contributed by atoms with Crippen molar-refractivity contribution in [2.75, 3.05) is 40.3 Å². The van der Waals surface area contributed by atoms with E-state index >= 15 is 0 Å². The SMILES string of the molecule is COc1ccc(CCN(Cc2ccncc2)CC2CCN(C)CC2)cc1. The molecule has 0 radical (unpaired) electrons. The van der Waals surface area contributed by atoms with Crippen LogP contribution in [0, 0.1) is 5.92 Å². The smallest absolute Gasteiger partial charge is 0.118 e. The van der Waals surface area contributed by atoms with Crippen molar-refractivity contribution in [3.05, 3.63) is 59.9 Å². The summed E-state index contributed by atoms with van der Waals surface area (Å²) >= 11 is 0. The average Bonchev–Trinajstić information content (AvgIpc) is 2.69. The van der Waals surface area contributed by atoms with Gasteiger partial charge in [0.1, 0.15) is 5.75 Å². The topological polar surface area (TPSA) is 28.6 Å². The Balaban J connectivity index is 1.59. The molecule has 4 nitrogen and oxygen atoms in total. The molecule has 2 heterocycles. The molecule has 0 saturated carbocycles. The number of pyridine rings is 1. The highest BCUT2D eigenvalue weighted by Gasteiger charge is 2.19.